The first kappa shape index (κ1) is 27.4. The van der Waals surface area contributed by atoms with Crippen molar-refractivity contribution in [3.05, 3.63) is 35.9 Å². The number of amides is 3. The van der Waals surface area contributed by atoms with Gasteiger partial charge in [0, 0.05) is 13.5 Å². The minimum Gasteiger partial charge on any atom is -0.465 e. The molecule has 9 nitrogen and oxygen atoms in total. The van der Waals surface area contributed by atoms with Gasteiger partial charge < -0.3 is 30.4 Å². The van der Waals surface area contributed by atoms with E-state index >= 15 is 0 Å². The molecule has 0 spiro atoms. The van der Waals surface area contributed by atoms with Gasteiger partial charge >= 0.3 is 13.2 Å². The Kier molecular flexibility index (Phi) is 8.18. The minimum atomic E-state index is -1.08. The highest BCUT2D eigenvalue weighted by Crippen LogP contribution is 2.65. The molecule has 4 fully saturated rings. The summed E-state index contributed by atoms with van der Waals surface area (Å²) in [6.45, 7) is 8.47. The second kappa shape index (κ2) is 11.0. The first-order valence-corrected chi connectivity index (χ1v) is 13.4. The number of carbonyl (C=O) groups excluding carboxylic acids is 2. The predicted octanol–water partition coefficient (Wildman–Crippen LogP) is 2.92. The second-order valence-corrected chi connectivity index (χ2v) is 11.6. The number of hydrogen-bond acceptors (Lipinski definition) is 5. The average Bonchev–Trinajstić information content (AvgIpc) is 3.20. The molecule has 6 atom stereocenters. The molecule has 4 N–H and O–H groups in total. The van der Waals surface area contributed by atoms with Crippen LogP contribution in [0.1, 0.15) is 65.4 Å². The lowest BCUT2D eigenvalue weighted by molar-refractivity contribution is -0.199. The van der Waals surface area contributed by atoms with Crippen LogP contribution in [0.4, 0.5) is 4.79 Å². The summed E-state index contributed by atoms with van der Waals surface area (Å²) >= 11 is 0. The standard InChI is InChI=1S/C27H40BN3O6/c1-17(32)30-20(12-8-9-13-29-25(34)35)24(33)31-23(14-18-10-6-5-7-11-18)28-36-22-16-19-15-21(26(19,2)3)27(22,4)37-28/h5-7,10-11,19-23,29H,8-9,12-16H2,1-4H3,(H,30,32)(H,31,33)(H,34,35)/t19-,20-,21-,22+,23-,27-/m0/s1. The third-order valence-electron chi connectivity index (χ3n) is 8.81. The van der Waals surface area contributed by atoms with Gasteiger partial charge in [0.15, 0.2) is 0 Å². The molecule has 4 aliphatic rings. The predicted molar refractivity (Wildman–Crippen MR) is 140 cm³/mol. The molecule has 37 heavy (non-hydrogen) atoms. The molecule has 1 aliphatic heterocycles. The summed E-state index contributed by atoms with van der Waals surface area (Å²) in [7, 11) is -0.591. The van der Waals surface area contributed by atoms with Crippen molar-refractivity contribution in [2.45, 2.75) is 89.9 Å². The molecular formula is C27H40BN3O6. The fourth-order valence-electron chi connectivity index (χ4n) is 6.62. The van der Waals surface area contributed by atoms with Crippen LogP contribution in [0.15, 0.2) is 30.3 Å². The molecular weight excluding hydrogens is 473 g/mol. The minimum absolute atomic E-state index is 0.00247. The first-order valence-electron chi connectivity index (χ1n) is 13.4. The Balaban J connectivity index is 1.46. The SMILES string of the molecule is CC(=O)N[C@@H](CCCCNC(=O)O)C(=O)N[C@@H](Cc1ccccc1)B1O[C@@H]2C[C@@H]3C[C@@H](C3(C)C)[C@]2(C)O1. The molecule has 2 bridgehead atoms. The van der Waals surface area contributed by atoms with Crippen molar-refractivity contribution in [2.75, 3.05) is 6.54 Å². The Morgan fingerprint density at radius 3 is 2.49 bits per heavy atom. The maximum absolute atomic E-state index is 13.4. The van der Waals surface area contributed by atoms with Crippen LogP contribution >= 0.6 is 0 Å². The van der Waals surface area contributed by atoms with Crippen molar-refractivity contribution in [1.29, 1.82) is 0 Å². The smallest absolute Gasteiger partial charge is 0.465 e. The van der Waals surface area contributed by atoms with Gasteiger partial charge in [-0.25, -0.2) is 4.79 Å². The zero-order chi connectivity index (χ0) is 26.8. The summed E-state index contributed by atoms with van der Waals surface area (Å²) in [4.78, 5) is 36.0. The molecule has 10 heteroatoms. The molecule has 0 radical (unpaired) electrons. The van der Waals surface area contributed by atoms with E-state index in [-0.39, 0.29) is 23.3 Å². The Morgan fingerprint density at radius 2 is 1.84 bits per heavy atom. The summed E-state index contributed by atoms with van der Waals surface area (Å²) in [6, 6.07) is 9.19. The molecule has 5 rings (SSSR count). The molecule has 0 unspecified atom stereocenters. The summed E-state index contributed by atoms with van der Waals surface area (Å²) in [6.07, 6.45) is 3.10. The van der Waals surface area contributed by atoms with Crippen LogP contribution in [0.25, 0.3) is 0 Å². The number of unbranched alkanes of at least 4 members (excludes halogenated alkanes) is 1. The van der Waals surface area contributed by atoms with Crippen LogP contribution in [0, 0.1) is 17.3 Å². The monoisotopic (exact) mass is 513 g/mol. The third-order valence-corrected chi connectivity index (χ3v) is 8.81. The van der Waals surface area contributed by atoms with E-state index < -0.39 is 30.8 Å². The summed E-state index contributed by atoms with van der Waals surface area (Å²) in [5, 5.41) is 16.9. The largest absolute Gasteiger partial charge is 0.482 e. The van der Waals surface area contributed by atoms with Crippen LogP contribution in [0.3, 0.4) is 0 Å². The van der Waals surface area contributed by atoms with Crippen molar-refractivity contribution in [3.8, 4) is 0 Å². The molecule has 3 saturated carbocycles. The van der Waals surface area contributed by atoms with Crippen LogP contribution < -0.4 is 16.0 Å². The quantitative estimate of drug-likeness (QED) is 0.266. The fourth-order valence-corrected chi connectivity index (χ4v) is 6.62. The van der Waals surface area contributed by atoms with Crippen LogP contribution in [-0.2, 0) is 25.3 Å². The van der Waals surface area contributed by atoms with E-state index in [9.17, 15) is 14.4 Å². The van der Waals surface area contributed by atoms with Gasteiger partial charge in [-0.2, -0.15) is 0 Å². The topological polar surface area (TPSA) is 126 Å². The van der Waals surface area contributed by atoms with Crippen molar-refractivity contribution in [1.82, 2.24) is 16.0 Å². The summed E-state index contributed by atoms with van der Waals surface area (Å²) < 4.78 is 13.2. The molecule has 0 aromatic heterocycles. The van der Waals surface area contributed by atoms with Crippen molar-refractivity contribution in [3.63, 3.8) is 0 Å². The maximum Gasteiger partial charge on any atom is 0.482 e. The average molecular weight is 513 g/mol. The number of rotatable bonds is 11. The van der Waals surface area contributed by atoms with Crippen LogP contribution in [0.2, 0.25) is 0 Å². The van der Waals surface area contributed by atoms with Gasteiger partial charge in [0.25, 0.3) is 0 Å². The van der Waals surface area contributed by atoms with E-state index in [1.165, 1.54) is 6.92 Å². The van der Waals surface area contributed by atoms with E-state index in [2.05, 4.69) is 36.7 Å². The highest BCUT2D eigenvalue weighted by molar-refractivity contribution is 6.48. The van der Waals surface area contributed by atoms with E-state index in [1.807, 2.05) is 30.3 Å². The Bertz CT molecular complexity index is 992. The van der Waals surface area contributed by atoms with Gasteiger partial charge in [-0.3, -0.25) is 9.59 Å². The lowest BCUT2D eigenvalue weighted by Crippen LogP contribution is -2.65. The summed E-state index contributed by atoms with van der Waals surface area (Å²) in [5.74, 6) is 0.0206. The van der Waals surface area contributed by atoms with Gasteiger partial charge in [0.05, 0.1) is 17.6 Å². The number of benzene rings is 1. The maximum atomic E-state index is 13.4. The third kappa shape index (κ3) is 5.96. The van der Waals surface area contributed by atoms with Gasteiger partial charge in [-0.1, -0.05) is 44.2 Å². The molecule has 1 aromatic carbocycles. The van der Waals surface area contributed by atoms with Crippen molar-refractivity contribution in [2.24, 2.45) is 17.3 Å². The number of hydrogen-bond donors (Lipinski definition) is 4. The van der Waals surface area contributed by atoms with Gasteiger partial charge in [-0.05, 0) is 68.3 Å². The van der Waals surface area contributed by atoms with Gasteiger partial charge in [0.1, 0.15) is 6.04 Å². The zero-order valence-electron chi connectivity index (χ0n) is 22.3. The highest BCUT2D eigenvalue weighted by atomic mass is 16.7. The van der Waals surface area contributed by atoms with Gasteiger partial charge in [-0.15, -0.1) is 0 Å². The Labute approximate surface area is 219 Å². The van der Waals surface area contributed by atoms with E-state index in [0.29, 0.717) is 44.1 Å². The zero-order valence-corrected chi connectivity index (χ0v) is 22.3. The van der Waals surface area contributed by atoms with E-state index in [1.54, 1.807) is 0 Å². The second-order valence-electron chi connectivity index (χ2n) is 11.6. The first-order chi connectivity index (χ1) is 17.5. The number of nitrogens with one attached hydrogen (secondary N) is 3. The van der Waals surface area contributed by atoms with Gasteiger partial charge in [0.2, 0.25) is 11.8 Å². The summed E-state index contributed by atoms with van der Waals surface area (Å²) in [5.41, 5.74) is 0.880. The van der Waals surface area contributed by atoms with Crippen LogP contribution in [0.5, 0.6) is 0 Å². The molecule has 1 heterocycles. The molecule has 3 aliphatic carbocycles. The number of carboxylic acid groups (broad SMARTS) is 1. The van der Waals surface area contributed by atoms with Crippen LogP contribution in [-0.4, -0.2) is 60.4 Å². The van der Waals surface area contributed by atoms with E-state index in [0.717, 1.165) is 18.4 Å². The Morgan fingerprint density at radius 1 is 1.11 bits per heavy atom. The molecule has 1 saturated heterocycles. The molecule has 202 valence electrons. The normalized spacial score (nSPS) is 28.9. The van der Waals surface area contributed by atoms with E-state index in [4.69, 9.17) is 14.4 Å². The number of carbonyl (C=O) groups is 3. The highest BCUT2D eigenvalue weighted by Gasteiger charge is 2.68. The molecule has 1 aromatic rings. The van der Waals surface area contributed by atoms with Crippen molar-refractivity contribution >= 4 is 25.0 Å². The van der Waals surface area contributed by atoms with Crippen molar-refractivity contribution < 1.29 is 28.8 Å². The Hall–Kier alpha value is -2.59. The molecule has 3 amide bonds. The fraction of sp³-hybridized carbons (Fsp3) is 0.667. The lowest BCUT2D eigenvalue weighted by Gasteiger charge is -2.64. The lowest BCUT2D eigenvalue weighted by atomic mass is 9.43.